The van der Waals surface area contributed by atoms with Gasteiger partial charge >= 0.3 is 5.97 Å². The van der Waals surface area contributed by atoms with Crippen molar-refractivity contribution < 1.29 is 19.4 Å². The van der Waals surface area contributed by atoms with Crippen LogP contribution in [-0.4, -0.2) is 36.8 Å². The molecule has 0 amide bonds. The zero-order valence-electron chi connectivity index (χ0n) is 8.18. The molecular formula is C8H8BNO4S. The van der Waals surface area contributed by atoms with Gasteiger partial charge in [-0.2, -0.15) is 0 Å². The standard InChI is InChI=1S/C8H8BNO4S/c1-14-8(13)5(12)2-4(11)7-10-3-6(9)15-7/h2-3,12H,9H2,1H3/b5-2-. The highest BCUT2D eigenvalue weighted by atomic mass is 32.1. The summed E-state index contributed by atoms with van der Waals surface area (Å²) < 4.78 is 5.11. The third kappa shape index (κ3) is 2.92. The highest BCUT2D eigenvalue weighted by Crippen LogP contribution is 2.05. The molecule has 5 nitrogen and oxygen atoms in total. The topological polar surface area (TPSA) is 76.5 Å². The van der Waals surface area contributed by atoms with Gasteiger partial charge in [-0.15, -0.1) is 11.3 Å². The lowest BCUT2D eigenvalue weighted by molar-refractivity contribution is -0.139. The first kappa shape index (κ1) is 11.4. The molecule has 7 heteroatoms. The predicted molar refractivity (Wildman–Crippen MR) is 57.4 cm³/mol. The molecule has 0 aliphatic rings. The summed E-state index contributed by atoms with van der Waals surface area (Å²) in [6, 6.07) is 0. The summed E-state index contributed by atoms with van der Waals surface area (Å²) in [4.78, 5) is 26.0. The van der Waals surface area contributed by atoms with Gasteiger partial charge in [-0.25, -0.2) is 9.78 Å². The van der Waals surface area contributed by atoms with Crippen LogP contribution < -0.4 is 4.78 Å². The van der Waals surface area contributed by atoms with Crippen molar-refractivity contribution in [3.63, 3.8) is 0 Å². The Hall–Kier alpha value is -1.63. The van der Waals surface area contributed by atoms with Crippen LogP contribution in [-0.2, 0) is 9.53 Å². The maximum Gasteiger partial charge on any atom is 0.373 e. The number of hydrogen-bond donors (Lipinski definition) is 1. The lowest BCUT2D eigenvalue weighted by Gasteiger charge is -1.95. The maximum absolute atomic E-state index is 11.4. The van der Waals surface area contributed by atoms with Gasteiger partial charge in [0.15, 0.2) is 12.9 Å². The summed E-state index contributed by atoms with van der Waals surface area (Å²) >= 11 is 1.19. The number of carbonyl (C=O) groups excluding carboxylic acids is 2. The first-order valence-electron chi connectivity index (χ1n) is 4.00. The number of esters is 1. The number of allylic oxidation sites excluding steroid dienone is 1. The van der Waals surface area contributed by atoms with Gasteiger partial charge in [0.1, 0.15) is 0 Å². The molecule has 0 fully saturated rings. The van der Waals surface area contributed by atoms with Gasteiger partial charge in [0.2, 0.25) is 11.5 Å². The van der Waals surface area contributed by atoms with Crippen molar-refractivity contribution in [1.82, 2.24) is 4.98 Å². The Labute approximate surface area is 90.8 Å². The Morgan fingerprint density at radius 2 is 2.33 bits per heavy atom. The summed E-state index contributed by atoms with van der Waals surface area (Å²) in [5.41, 5.74) is 0. The summed E-state index contributed by atoms with van der Waals surface area (Å²) in [5, 5.41) is 9.32. The third-order valence-corrected chi connectivity index (χ3v) is 2.42. The van der Waals surface area contributed by atoms with Gasteiger partial charge in [0.25, 0.3) is 0 Å². The van der Waals surface area contributed by atoms with E-state index in [1.165, 1.54) is 11.3 Å². The van der Waals surface area contributed by atoms with Crippen LogP contribution in [0.4, 0.5) is 0 Å². The fraction of sp³-hybridized carbons (Fsp3) is 0.125. The number of thiazole rings is 1. The largest absolute Gasteiger partial charge is 0.502 e. The summed E-state index contributed by atoms with van der Waals surface area (Å²) in [6.45, 7) is 0. The maximum atomic E-state index is 11.4. The molecule has 0 aromatic carbocycles. The molecule has 78 valence electrons. The van der Waals surface area contributed by atoms with Gasteiger partial charge in [0.05, 0.1) is 7.11 Å². The molecule has 0 unspecified atom stereocenters. The highest BCUT2D eigenvalue weighted by molar-refractivity contribution is 7.21. The number of methoxy groups -OCH3 is 1. The SMILES string of the molecule is Bc1cnc(C(=O)/C=C(\O)C(=O)OC)s1. The Morgan fingerprint density at radius 3 is 2.80 bits per heavy atom. The molecule has 1 aromatic heterocycles. The quantitative estimate of drug-likeness (QED) is 0.239. The lowest BCUT2D eigenvalue weighted by Crippen LogP contribution is -2.06. The fourth-order valence-electron chi connectivity index (χ4n) is 0.818. The normalized spacial score (nSPS) is 11.1. The van der Waals surface area contributed by atoms with Crippen molar-refractivity contribution in [2.45, 2.75) is 0 Å². The minimum absolute atomic E-state index is 0.225. The van der Waals surface area contributed by atoms with Gasteiger partial charge in [-0.05, 0) is 4.78 Å². The van der Waals surface area contributed by atoms with Gasteiger partial charge in [-0.3, -0.25) is 4.79 Å². The van der Waals surface area contributed by atoms with E-state index in [1.807, 2.05) is 0 Å². The van der Waals surface area contributed by atoms with E-state index in [9.17, 15) is 9.59 Å². The number of aromatic nitrogens is 1. The van der Waals surface area contributed by atoms with E-state index in [2.05, 4.69) is 9.72 Å². The molecule has 15 heavy (non-hydrogen) atoms. The van der Waals surface area contributed by atoms with Gasteiger partial charge in [0, 0.05) is 12.3 Å². The second-order valence-corrected chi connectivity index (χ2v) is 3.90. The number of aliphatic hydroxyl groups excluding tert-OH is 1. The van der Waals surface area contributed by atoms with Crippen LogP contribution in [0, 0.1) is 0 Å². The zero-order chi connectivity index (χ0) is 11.4. The van der Waals surface area contributed by atoms with Crippen molar-refractivity contribution in [1.29, 1.82) is 0 Å². The number of carbonyl (C=O) groups is 2. The molecule has 0 saturated heterocycles. The Balaban J connectivity index is 2.83. The van der Waals surface area contributed by atoms with Crippen LogP contribution in [0.3, 0.4) is 0 Å². The average molecular weight is 225 g/mol. The minimum atomic E-state index is -0.948. The number of ether oxygens (including phenoxy) is 1. The molecule has 0 spiro atoms. The average Bonchev–Trinajstić information content (AvgIpc) is 2.63. The first-order chi connectivity index (χ1) is 7.04. The van der Waals surface area contributed by atoms with E-state index in [1.54, 1.807) is 14.0 Å². The molecule has 0 aliphatic heterocycles. The van der Waals surface area contributed by atoms with Crippen molar-refractivity contribution in [3.05, 3.63) is 23.0 Å². The molecule has 0 atom stereocenters. The first-order valence-corrected chi connectivity index (χ1v) is 4.82. The predicted octanol–water partition coefficient (Wildman–Crippen LogP) is -0.801. The van der Waals surface area contributed by atoms with E-state index in [0.29, 0.717) is 0 Å². The van der Waals surface area contributed by atoms with Gasteiger partial charge in [-0.1, -0.05) is 0 Å². The molecule has 0 aliphatic carbocycles. The van der Waals surface area contributed by atoms with E-state index in [0.717, 1.165) is 18.0 Å². The molecular weight excluding hydrogens is 217 g/mol. The Morgan fingerprint density at radius 1 is 1.67 bits per heavy atom. The number of rotatable bonds is 3. The van der Waals surface area contributed by atoms with E-state index in [-0.39, 0.29) is 5.01 Å². The summed E-state index contributed by atoms with van der Waals surface area (Å²) in [6.07, 6.45) is 2.34. The van der Waals surface area contributed by atoms with Crippen molar-refractivity contribution in [2.24, 2.45) is 0 Å². The van der Waals surface area contributed by atoms with Crippen molar-refractivity contribution >= 4 is 35.7 Å². The number of aliphatic hydroxyl groups is 1. The molecule has 0 bridgehead atoms. The number of nitrogens with zero attached hydrogens (tertiary/aromatic N) is 1. The zero-order valence-corrected chi connectivity index (χ0v) is 9.00. The Kier molecular flexibility index (Phi) is 3.62. The van der Waals surface area contributed by atoms with Crippen molar-refractivity contribution in [3.8, 4) is 0 Å². The van der Waals surface area contributed by atoms with Crippen LogP contribution >= 0.6 is 11.3 Å². The van der Waals surface area contributed by atoms with E-state index < -0.39 is 17.5 Å². The Bertz CT molecular complexity index is 426. The molecule has 1 rings (SSSR count). The van der Waals surface area contributed by atoms with Crippen molar-refractivity contribution in [2.75, 3.05) is 7.11 Å². The van der Waals surface area contributed by atoms with E-state index >= 15 is 0 Å². The smallest absolute Gasteiger partial charge is 0.373 e. The highest BCUT2D eigenvalue weighted by Gasteiger charge is 2.13. The number of ketones is 1. The molecule has 0 saturated carbocycles. The lowest BCUT2D eigenvalue weighted by atomic mass is 10.1. The molecule has 1 N–H and O–H groups in total. The monoisotopic (exact) mass is 225 g/mol. The summed E-state index contributed by atoms with van der Waals surface area (Å²) in [5.74, 6) is -2.19. The molecule has 0 radical (unpaired) electrons. The molecule has 1 heterocycles. The fourth-order valence-corrected chi connectivity index (χ4v) is 1.49. The van der Waals surface area contributed by atoms with Crippen LogP contribution in [0.5, 0.6) is 0 Å². The van der Waals surface area contributed by atoms with Crippen LogP contribution in [0.25, 0.3) is 0 Å². The second-order valence-electron chi connectivity index (χ2n) is 2.66. The van der Waals surface area contributed by atoms with Crippen LogP contribution in [0.1, 0.15) is 9.80 Å². The number of hydrogen-bond acceptors (Lipinski definition) is 6. The second kappa shape index (κ2) is 4.74. The van der Waals surface area contributed by atoms with E-state index in [4.69, 9.17) is 5.11 Å². The van der Waals surface area contributed by atoms with Crippen LogP contribution in [0.2, 0.25) is 0 Å². The minimum Gasteiger partial charge on any atom is -0.502 e. The third-order valence-electron chi connectivity index (χ3n) is 1.49. The van der Waals surface area contributed by atoms with Gasteiger partial charge < -0.3 is 9.84 Å². The van der Waals surface area contributed by atoms with Crippen LogP contribution in [0.15, 0.2) is 18.0 Å². The summed E-state index contributed by atoms with van der Waals surface area (Å²) in [7, 11) is 2.92. The molecule has 1 aromatic rings.